The van der Waals surface area contributed by atoms with Crippen LogP contribution in [0.3, 0.4) is 0 Å². The standard InChI is InChI=1S/C16H15F4N5O3S2/c1-26-2-3-29-25(9-4-10(6-21-5-9)27-16(19)20)8-12-22-7-11(30-12)14-23-24-15(28-14)13(17)18/h4-7,13,16H,2-3,8H2,1H3. The summed E-state index contributed by atoms with van der Waals surface area (Å²) in [7, 11) is 1.56. The minimum atomic E-state index is -2.97. The quantitative estimate of drug-likeness (QED) is 0.232. The van der Waals surface area contributed by atoms with Gasteiger partial charge in [0.15, 0.2) is 0 Å². The summed E-state index contributed by atoms with van der Waals surface area (Å²) >= 11 is 2.55. The largest absolute Gasteiger partial charge is 0.433 e. The lowest BCUT2D eigenvalue weighted by molar-refractivity contribution is -0.0500. The van der Waals surface area contributed by atoms with E-state index in [0.717, 1.165) is 0 Å². The SMILES string of the molecule is COCCSN(Cc1ncc(-c2nnc(C(F)F)o2)s1)c1cncc(OC(F)F)c1. The average molecular weight is 465 g/mol. The van der Waals surface area contributed by atoms with Crippen LogP contribution in [0, 0.1) is 0 Å². The van der Waals surface area contributed by atoms with Crippen LogP contribution >= 0.6 is 23.3 Å². The van der Waals surface area contributed by atoms with Crippen LogP contribution in [0.4, 0.5) is 23.2 Å². The summed E-state index contributed by atoms with van der Waals surface area (Å²) in [6.45, 7) is -2.23. The Kier molecular flexibility index (Phi) is 7.81. The van der Waals surface area contributed by atoms with Gasteiger partial charge in [-0.05, 0) is 11.9 Å². The molecular formula is C16H15F4N5O3S2. The Bertz CT molecular complexity index is 943. The molecule has 0 saturated heterocycles. The number of aromatic nitrogens is 4. The fraction of sp³-hybridized carbons (Fsp3) is 0.375. The Balaban J connectivity index is 1.77. The third kappa shape index (κ3) is 6.03. The number of halogens is 4. The zero-order valence-electron chi connectivity index (χ0n) is 15.4. The first-order chi connectivity index (χ1) is 14.5. The summed E-state index contributed by atoms with van der Waals surface area (Å²) in [5.41, 5.74) is 0.517. The molecule has 3 rings (SSSR count). The Hall–Kier alpha value is -2.45. The van der Waals surface area contributed by atoms with Gasteiger partial charge in [-0.3, -0.25) is 4.98 Å². The van der Waals surface area contributed by atoms with E-state index in [-0.39, 0.29) is 18.2 Å². The molecule has 0 aromatic carbocycles. The van der Waals surface area contributed by atoms with Crippen molar-refractivity contribution in [3.05, 3.63) is 35.6 Å². The third-order valence-corrected chi connectivity index (χ3v) is 5.39. The Labute approximate surface area is 176 Å². The van der Waals surface area contributed by atoms with Gasteiger partial charge in [0, 0.05) is 18.9 Å². The van der Waals surface area contributed by atoms with Crippen molar-refractivity contribution in [2.24, 2.45) is 0 Å². The Morgan fingerprint density at radius 2 is 2.03 bits per heavy atom. The van der Waals surface area contributed by atoms with Crippen LogP contribution in [0.2, 0.25) is 0 Å². The summed E-state index contributed by atoms with van der Waals surface area (Å²) < 4.78 is 66.4. The number of thiazole rings is 1. The van der Waals surface area contributed by atoms with Crippen molar-refractivity contribution in [1.29, 1.82) is 0 Å². The van der Waals surface area contributed by atoms with Crippen molar-refractivity contribution < 1.29 is 31.5 Å². The van der Waals surface area contributed by atoms with Crippen molar-refractivity contribution in [1.82, 2.24) is 20.2 Å². The number of anilines is 1. The molecule has 3 heterocycles. The lowest BCUT2D eigenvalue weighted by Gasteiger charge is -2.22. The van der Waals surface area contributed by atoms with E-state index in [0.29, 0.717) is 27.9 Å². The van der Waals surface area contributed by atoms with Crippen molar-refractivity contribution >= 4 is 29.0 Å². The molecule has 0 radical (unpaired) electrons. The van der Waals surface area contributed by atoms with Gasteiger partial charge < -0.3 is 18.2 Å². The second-order valence-electron chi connectivity index (χ2n) is 5.48. The molecule has 162 valence electrons. The molecule has 0 fully saturated rings. The van der Waals surface area contributed by atoms with Gasteiger partial charge in [0.2, 0.25) is 0 Å². The molecule has 0 aliphatic heterocycles. The smallest absolute Gasteiger partial charge is 0.387 e. The van der Waals surface area contributed by atoms with E-state index in [9.17, 15) is 17.6 Å². The summed E-state index contributed by atoms with van der Waals surface area (Å²) in [6.07, 6.45) is 1.27. The molecule has 0 aliphatic carbocycles. The van der Waals surface area contributed by atoms with Gasteiger partial charge in [-0.2, -0.15) is 17.6 Å². The number of hydrogen-bond acceptors (Lipinski definition) is 10. The molecule has 0 N–H and O–H groups in total. The van der Waals surface area contributed by atoms with Gasteiger partial charge >= 0.3 is 13.0 Å². The highest BCUT2D eigenvalue weighted by Crippen LogP contribution is 2.32. The van der Waals surface area contributed by atoms with E-state index in [4.69, 9.17) is 9.15 Å². The highest BCUT2D eigenvalue weighted by Gasteiger charge is 2.20. The number of hydrogen-bond donors (Lipinski definition) is 0. The zero-order chi connectivity index (χ0) is 21.5. The first-order valence-corrected chi connectivity index (χ1v) is 10.1. The van der Waals surface area contributed by atoms with Gasteiger partial charge in [-0.25, -0.2) is 4.98 Å². The monoisotopic (exact) mass is 465 g/mol. The van der Waals surface area contributed by atoms with Crippen LogP contribution in [0.1, 0.15) is 17.3 Å². The minimum Gasteiger partial charge on any atom is -0.433 e. The summed E-state index contributed by atoms with van der Waals surface area (Å²) in [6, 6.07) is 1.43. The number of ether oxygens (including phenoxy) is 2. The minimum absolute atomic E-state index is 0.0540. The predicted molar refractivity (Wildman–Crippen MR) is 102 cm³/mol. The van der Waals surface area contributed by atoms with Gasteiger partial charge in [0.1, 0.15) is 15.6 Å². The molecule has 3 aromatic rings. The van der Waals surface area contributed by atoms with Crippen LogP contribution in [0.15, 0.2) is 29.1 Å². The maximum absolute atomic E-state index is 12.6. The van der Waals surface area contributed by atoms with Gasteiger partial charge in [-0.1, -0.05) is 0 Å². The van der Waals surface area contributed by atoms with Crippen LogP contribution in [0.5, 0.6) is 5.75 Å². The lowest BCUT2D eigenvalue weighted by atomic mass is 10.4. The predicted octanol–water partition coefficient (Wildman–Crippen LogP) is 4.43. The van der Waals surface area contributed by atoms with E-state index in [2.05, 4.69) is 24.9 Å². The fourth-order valence-corrected chi connectivity index (χ4v) is 4.01. The second kappa shape index (κ2) is 10.5. The molecular weight excluding hydrogens is 450 g/mol. The first kappa shape index (κ1) is 22.2. The lowest BCUT2D eigenvalue weighted by Crippen LogP contribution is -2.16. The van der Waals surface area contributed by atoms with Crippen molar-refractivity contribution in [3.63, 3.8) is 0 Å². The van der Waals surface area contributed by atoms with E-state index in [1.54, 1.807) is 11.4 Å². The number of alkyl halides is 4. The number of pyridine rings is 1. The van der Waals surface area contributed by atoms with E-state index < -0.39 is 18.9 Å². The van der Waals surface area contributed by atoms with E-state index in [1.165, 1.54) is 47.9 Å². The molecule has 0 saturated carbocycles. The van der Waals surface area contributed by atoms with Crippen molar-refractivity contribution in [3.8, 4) is 16.5 Å². The molecule has 8 nitrogen and oxygen atoms in total. The van der Waals surface area contributed by atoms with Crippen LogP contribution in [0.25, 0.3) is 10.8 Å². The zero-order valence-corrected chi connectivity index (χ0v) is 17.0. The number of rotatable bonds is 11. The number of methoxy groups -OCH3 is 1. The fourth-order valence-electron chi connectivity index (χ4n) is 2.18. The van der Waals surface area contributed by atoms with Gasteiger partial charge in [0.25, 0.3) is 11.8 Å². The van der Waals surface area contributed by atoms with Crippen LogP contribution in [-0.2, 0) is 11.3 Å². The number of nitrogens with zero attached hydrogens (tertiary/aromatic N) is 5. The van der Waals surface area contributed by atoms with Crippen molar-refractivity contribution in [2.45, 2.75) is 19.6 Å². The van der Waals surface area contributed by atoms with E-state index >= 15 is 0 Å². The second-order valence-corrected chi connectivity index (χ2v) is 7.71. The molecule has 30 heavy (non-hydrogen) atoms. The third-order valence-electron chi connectivity index (χ3n) is 3.42. The van der Waals surface area contributed by atoms with Gasteiger partial charge in [0.05, 0.1) is 37.4 Å². The maximum Gasteiger partial charge on any atom is 0.387 e. The molecule has 14 heteroatoms. The highest BCUT2D eigenvalue weighted by molar-refractivity contribution is 8.00. The normalized spacial score (nSPS) is 11.4. The molecule has 3 aromatic heterocycles. The van der Waals surface area contributed by atoms with Crippen molar-refractivity contribution in [2.75, 3.05) is 23.8 Å². The molecule has 0 atom stereocenters. The highest BCUT2D eigenvalue weighted by atomic mass is 32.2. The Morgan fingerprint density at radius 1 is 1.20 bits per heavy atom. The molecule has 0 aliphatic rings. The molecule has 0 amide bonds. The summed E-state index contributed by atoms with van der Waals surface area (Å²) in [5.74, 6) is -0.318. The summed E-state index contributed by atoms with van der Waals surface area (Å²) in [4.78, 5) is 8.62. The molecule has 0 bridgehead atoms. The van der Waals surface area contributed by atoms with Crippen LogP contribution < -0.4 is 9.04 Å². The maximum atomic E-state index is 12.6. The molecule has 0 spiro atoms. The Morgan fingerprint density at radius 3 is 2.73 bits per heavy atom. The van der Waals surface area contributed by atoms with Crippen LogP contribution in [-0.4, -0.2) is 46.2 Å². The molecule has 0 unspecified atom stereocenters. The average Bonchev–Trinajstić information content (AvgIpc) is 3.36. The topological polar surface area (TPSA) is 86.4 Å². The van der Waals surface area contributed by atoms with E-state index in [1.807, 2.05) is 0 Å². The van der Waals surface area contributed by atoms with Gasteiger partial charge in [-0.15, -0.1) is 21.5 Å². The first-order valence-electron chi connectivity index (χ1n) is 8.32. The summed E-state index contributed by atoms with van der Waals surface area (Å²) in [5, 5.41) is 7.50.